The van der Waals surface area contributed by atoms with E-state index in [4.69, 9.17) is 0 Å². The maximum atomic E-state index is 12.8. The summed E-state index contributed by atoms with van der Waals surface area (Å²) in [4.78, 5) is 27.2. The molecule has 1 aliphatic rings. The molecule has 1 aromatic carbocycles. The number of nitrogens with one attached hydrogen (secondary N) is 1. The van der Waals surface area contributed by atoms with Gasteiger partial charge >= 0.3 is 0 Å². The second-order valence-electron chi connectivity index (χ2n) is 8.25. The van der Waals surface area contributed by atoms with Gasteiger partial charge < -0.3 is 10.2 Å². The molecule has 8 heteroatoms. The van der Waals surface area contributed by atoms with Gasteiger partial charge in [0.1, 0.15) is 5.01 Å². The van der Waals surface area contributed by atoms with Gasteiger partial charge in [-0.2, -0.15) is 0 Å². The van der Waals surface area contributed by atoms with Crippen LogP contribution in [0.1, 0.15) is 65.2 Å². The minimum absolute atomic E-state index is 0.134. The lowest BCUT2D eigenvalue weighted by atomic mass is 10.0. The first-order valence-electron chi connectivity index (χ1n) is 11.1. The molecule has 1 aliphatic carbocycles. The fraction of sp³-hybridized carbons (Fsp3) is 0.565. The Kier molecular flexibility index (Phi) is 9.02. The van der Waals surface area contributed by atoms with Crippen LogP contribution in [-0.2, 0) is 9.59 Å². The summed E-state index contributed by atoms with van der Waals surface area (Å²) in [6.45, 7) is 4.57. The highest BCUT2D eigenvalue weighted by molar-refractivity contribution is 9.10. The SMILES string of the molecule is CCC(C)N(CCC(=O)Nc1nnc(-c2ccc(Br)cc2)s1)C(=O)CCC1CCCC1. The van der Waals surface area contributed by atoms with E-state index in [9.17, 15) is 9.59 Å². The van der Waals surface area contributed by atoms with Crippen molar-refractivity contribution < 1.29 is 9.59 Å². The first-order chi connectivity index (χ1) is 15.0. The minimum Gasteiger partial charge on any atom is -0.339 e. The highest BCUT2D eigenvalue weighted by Crippen LogP contribution is 2.29. The highest BCUT2D eigenvalue weighted by Gasteiger charge is 2.22. The minimum atomic E-state index is -0.143. The van der Waals surface area contributed by atoms with Gasteiger partial charge in [0, 0.05) is 35.5 Å². The molecule has 1 atom stereocenters. The molecule has 1 N–H and O–H groups in total. The molecule has 1 aromatic heterocycles. The molecule has 0 bridgehead atoms. The number of carbonyl (C=O) groups is 2. The monoisotopic (exact) mass is 506 g/mol. The number of nitrogens with zero attached hydrogens (tertiary/aromatic N) is 3. The maximum Gasteiger partial charge on any atom is 0.227 e. The van der Waals surface area contributed by atoms with Crippen LogP contribution < -0.4 is 5.32 Å². The molecule has 2 aromatic rings. The van der Waals surface area contributed by atoms with E-state index in [0.29, 0.717) is 24.0 Å². The number of halogens is 1. The molecular formula is C23H31BrN4O2S. The smallest absolute Gasteiger partial charge is 0.227 e. The lowest BCUT2D eigenvalue weighted by Gasteiger charge is -2.29. The number of hydrogen-bond acceptors (Lipinski definition) is 5. The van der Waals surface area contributed by atoms with Crippen LogP contribution >= 0.6 is 27.3 Å². The van der Waals surface area contributed by atoms with E-state index >= 15 is 0 Å². The first-order valence-corrected chi connectivity index (χ1v) is 12.8. The first kappa shape index (κ1) is 23.9. The van der Waals surface area contributed by atoms with Crippen molar-refractivity contribution in [3.8, 4) is 10.6 Å². The second-order valence-corrected chi connectivity index (χ2v) is 10.1. The van der Waals surface area contributed by atoms with Crippen LogP contribution in [0.2, 0.25) is 0 Å². The topological polar surface area (TPSA) is 75.2 Å². The number of amides is 2. The number of hydrogen-bond donors (Lipinski definition) is 1. The van der Waals surface area contributed by atoms with Crippen LogP contribution in [0.5, 0.6) is 0 Å². The predicted molar refractivity (Wildman–Crippen MR) is 129 cm³/mol. The maximum absolute atomic E-state index is 12.8. The number of aromatic nitrogens is 2. The van der Waals surface area contributed by atoms with Gasteiger partial charge in [0.05, 0.1) is 0 Å². The van der Waals surface area contributed by atoms with Crippen molar-refractivity contribution in [2.24, 2.45) is 5.92 Å². The van der Waals surface area contributed by atoms with Gasteiger partial charge in [-0.1, -0.05) is 72.0 Å². The third-order valence-corrected chi connectivity index (χ3v) is 7.44. The molecule has 6 nitrogen and oxygen atoms in total. The summed E-state index contributed by atoms with van der Waals surface area (Å²) in [5, 5.41) is 12.3. The fourth-order valence-corrected chi connectivity index (χ4v) is 5.00. The quantitative estimate of drug-likeness (QED) is 0.435. The summed E-state index contributed by atoms with van der Waals surface area (Å²) in [5.74, 6) is 0.723. The molecule has 2 amide bonds. The Morgan fingerprint density at radius 1 is 1.19 bits per heavy atom. The number of anilines is 1. The van der Waals surface area contributed by atoms with Crippen molar-refractivity contribution in [1.82, 2.24) is 15.1 Å². The van der Waals surface area contributed by atoms with Crippen LogP contribution in [0.25, 0.3) is 10.6 Å². The van der Waals surface area contributed by atoms with Gasteiger partial charge in [-0.3, -0.25) is 9.59 Å². The Hall–Kier alpha value is -1.80. The van der Waals surface area contributed by atoms with Crippen molar-refractivity contribution in [2.75, 3.05) is 11.9 Å². The van der Waals surface area contributed by atoms with Gasteiger partial charge in [-0.15, -0.1) is 10.2 Å². The van der Waals surface area contributed by atoms with Gasteiger partial charge in [-0.05, 0) is 37.8 Å². The Balaban J connectivity index is 1.50. The summed E-state index contributed by atoms with van der Waals surface area (Å²) in [7, 11) is 0. The van der Waals surface area contributed by atoms with E-state index in [-0.39, 0.29) is 24.3 Å². The zero-order valence-corrected chi connectivity index (χ0v) is 20.7. The third-order valence-electron chi connectivity index (χ3n) is 6.03. The summed E-state index contributed by atoms with van der Waals surface area (Å²) in [6, 6.07) is 7.94. The molecule has 0 saturated heterocycles. The molecule has 31 heavy (non-hydrogen) atoms. The van der Waals surface area contributed by atoms with Crippen molar-refractivity contribution in [2.45, 2.75) is 71.3 Å². The Morgan fingerprint density at radius 2 is 1.90 bits per heavy atom. The molecule has 1 saturated carbocycles. The molecule has 0 aliphatic heterocycles. The molecule has 1 unspecified atom stereocenters. The summed E-state index contributed by atoms with van der Waals surface area (Å²) in [5.41, 5.74) is 0.956. The van der Waals surface area contributed by atoms with E-state index in [1.54, 1.807) is 0 Å². The zero-order chi connectivity index (χ0) is 22.2. The number of carbonyl (C=O) groups excluding carboxylic acids is 2. The van der Waals surface area contributed by atoms with E-state index in [1.165, 1.54) is 37.0 Å². The normalized spacial score (nSPS) is 15.1. The van der Waals surface area contributed by atoms with E-state index in [1.807, 2.05) is 29.2 Å². The van der Waals surface area contributed by atoms with Crippen LogP contribution in [0.3, 0.4) is 0 Å². The highest BCUT2D eigenvalue weighted by atomic mass is 79.9. The molecule has 3 rings (SSSR count). The Bertz CT molecular complexity index is 865. The van der Waals surface area contributed by atoms with Crippen molar-refractivity contribution in [3.05, 3.63) is 28.7 Å². The lowest BCUT2D eigenvalue weighted by Crippen LogP contribution is -2.40. The lowest BCUT2D eigenvalue weighted by molar-refractivity contribution is -0.134. The third kappa shape index (κ3) is 7.10. The standard InChI is InChI=1S/C23H31BrN4O2S/c1-3-16(2)28(21(30)13-8-17-6-4-5-7-17)15-14-20(29)25-23-27-26-22(31-23)18-9-11-19(24)12-10-18/h9-12,16-17H,3-8,13-15H2,1-2H3,(H,25,27,29). The molecule has 1 heterocycles. The van der Waals surface area contributed by atoms with Gasteiger partial charge in [0.2, 0.25) is 16.9 Å². The van der Waals surface area contributed by atoms with E-state index in [0.717, 1.165) is 27.9 Å². The van der Waals surface area contributed by atoms with E-state index in [2.05, 4.69) is 45.3 Å². The van der Waals surface area contributed by atoms with Gasteiger partial charge in [0.15, 0.2) is 0 Å². The Morgan fingerprint density at radius 3 is 2.58 bits per heavy atom. The summed E-state index contributed by atoms with van der Waals surface area (Å²) < 4.78 is 0.998. The van der Waals surface area contributed by atoms with Crippen LogP contribution in [0.15, 0.2) is 28.7 Å². The number of benzene rings is 1. The zero-order valence-electron chi connectivity index (χ0n) is 18.3. The van der Waals surface area contributed by atoms with Crippen molar-refractivity contribution in [1.29, 1.82) is 0 Å². The summed E-state index contributed by atoms with van der Waals surface area (Å²) >= 11 is 4.76. The average molecular weight is 507 g/mol. The van der Waals surface area contributed by atoms with Gasteiger partial charge in [0.25, 0.3) is 0 Å². The van der Waals surface area contributed by atoms with Crippen molar-refractivity contribution in [3.63, 3.8) is 0 Å². The van der Waals surface area contributed by atoms with Crippen LogP contribution in [0.4, 0.5) is 5.13 Å². The van der Waals surface area contributed by atoms with Crippen LogP contribution in [-0.4, -0.2) is 39.5 Å². The molecular weight excluding hydrogens is 476 g/mol. The Labute approximate surface area is 197 Å². The fourth-order valence-electron chi connectivity index (χ4n) is 3.97. The predicted octanol–water partition coefficient (Wildman–Crippen LogP) is 5.89. The molecule has 1 fully saturated rings. The molecule has 0 radical (unpaired) electrons. The summed E-state index contributed by atoms with van der Waals surface area (Å²) in [6.07, 6.45) is 7.79. The molecule has 0 spiro atoms. The van der Waals surface area contributed by atoms with E-state index < -0.39 is 0 Å². The average Bonchev–Trinajstić information content (AvgIpc) is 3.45. The number of rotatable bonds is 10. The van der Waals surface area contributed by atoms with Gasteiger partial charge in [-0.25, -0.2) is 0 Å². The largest absolute Gasteiger partial charge is 0.339 e. The molecule has 168 valence electrons. The van der Waals surface area contributed by atoms with Crippen LogP contribution in [0, 0.1) is 5.92 Å². The second kappa shape index (κ2) is 11.7. The van der Waals surface area contributed by atoms with Crippen molar-refractivity contribution >= 4 is 44.2 Å².